The zero-order valence-corrected chi connectivity index (χ0v) is 13.1. The number of aryl methyl sites for hydroxylation is 1. The molecule has 20 heavy (non-hydrogen) atoms. The molecule has 0 heterocycles. The highest BCUT2D eigenvalue weighted by Crippen LogP contribution is 2.19. The Labute approximate surface area is 125 Å². The molecule has 0 saturated carbocycles. The van der Waals surface area contributed by atoms with E-state index in [4.69, 9.17) is 16.3 Å². The molecule has 1 aromatic carbocycles. The minimum atomic E-state index is -0.223. The molecule has 0 radical (unpaired) electrons. The molecular formula is C15H23ClN2O2. The third-order valence-corrected chi connectivity index (χ3v) is 2.89. The van der Waals surface area contributed by atoms with Crippen LogP contribution in [0.5, 0.6) is 0 Å². The zero-order valence-electron chi connectivity index (χ0n) is 12.3. The molecule has 112 valence electrons. The van der Waals surface area contributed by atoms with E-state index in [1.54, 1.807) is 12.1 Å². The molecule has 5 heteroatoms. The van der Waals surface area contributed by atoms with E-state index in [1.807, 2.05) is 13.0 Å². The van der Waals surface area contributed by atoms with Gasteiger partial charge in [0.25, 0.3) is 0 Å². The number of rotatable bonds is 7. The van der Waals surface area contributed by atoms with Crippen LogP contribution >= 0.6 is 11.6 Å². The average molecular weight is 299 g/mol. The van der Waals surface area contributed by atoms with Crippen molar-refractivity contribution in [3.8, 4) is 0 Å². The maximum absolute atomic E-state index is 11.7. The summed E-state index contributed by atoms with van der Waals surface area (Å²) >= 11 is 5.90. The van der Waals surface area contributed by atoms with E-state index in [-0.39, 0.29) is 6.03 Å². The Bertz CT molecular complexity index is 436. The van der Waals surface area contributed by atoms with Gasteiger partial charge in [0.1, 0.15) is 0 Å². The fourth-order valence-corrected chi connectivity index (χ4v) is 1.76. The van der Waals surface area contributed by atoms with Gasteiger partial charge in [-0.3, -0.25) is 0 Å². The van der Waals surface area contributed by atoms with E-state index >= 15 is 0 Å². The predicted molar refractivity (Wildman–Crippen MR) is 83.5 cm³/mol. The van der Waals surface area contributed by atoms with Crippen LogP contribution in [0.4, 0.5) is 10.5 Å². The minimum absolute atomic E-state index is 0.223. The van der Waals surface area contributed by atoms with Crippen molar-refractivity contribution in [1.82, 2.24) is 5.32 Å². The molecule has 0 bridgehead atoms. The second kappa shape index (κ2) is 8.82. The summed E-state index contributed by atoms with van der Waals surface area (Å²) in [6, 6.07) is 5.19. The van der Waals surface area contributed by atoms with E-state index in [2.05, 4.69) is 24.5 Å². The lowest BCUT2D eigenvalue weighted by atomic mass is 10.2. The van der Waals surface area contributed by atoms with Crippen LogP contribution in [0.2, 0.25) is 5.02 Å². The molecule has 0 aliphatic carbocycles. The maximum atomic E-state index is 11.7. The summed E-state index contributed by atoms with van der Waals surface area (Å²) in [7, 11) is 0. The van der Waals surface area contributed by atoms with Gasteiger partial charge in [-0.1, -0.05) is 31.5 Å². The van der Waals surface area contributed by atoms with Crippen LogP contribution in [0, 0.1) is 12.8 Å². The molecule has 0 unspecified atom stereocenters. The van der Waals surface area contributed by atoms with Crippen molar-refractivity contribution in [1.29, 1.82) is 0 Å². The molecule has 0 atom stereocenters. The summed E-state index contributed by atoms with van der Waals surface area (Å²) in [5, 5.41) is 6.18. The van der Waals surface area contributed by atoms with Gasteiger partial charge in [-0.05, 0) is 37.0 Å². The fraction of sp³-hybridized carbons (Fsp3) is 0.533. The first-order valence-electron chi connectivity index (χ1n) is 6.87. The first-order chi connectivity index (χ1) is 9.49. The van der Waals surface area contributed by atoms with Crippen molar-refractivity contribution < 1.29 is 9.53 Å². The first kappa shape index (κ1) is 16.8. The minimum Gasteiger partial charge on any atom is -0.381 e. The van der Waals surface area contributed by atoms with Crippen LogP contribution in [-0.4, -0.2) is 25.8 Å². The number of hydrogen-bond acceptors (Lipinski definition) is 2. The Morgan fingerprint density at radius 3 is 2.85 bits per heavy atom. The second-order valence-electron chi connectivity index (χ2n) is 5.16. The molecule has 0 aliphatic heterocycles. The Balaban J connectivity index is 2.22. The van der Waals surface area contributed by atoms with Crippen molar-refractivity contribution >= 4 is 23.3 Å². The van der Waals surface area contributed by atoms with E-state index in [1.165, 1.54) is 0 Å². The summed E-state index contributed by atoms with van der Waals surface area (Å²) in [5.74, 6) is 0.539. The lowest BCUT2D eigenvalue weighted by Crippen LogP contribution is -2.30. The Morgan fingerprint density at radius 2 is 2.15 bits per heavy atom. The van der Waals surface area contributed by atoms with E-state index in [0.29, 0.717) is 24.1 Å². The number of carbonyl (C=O) groups is 1. The molecule has 0 saturated heterocycles. The Morgan fingerprint density at radius 1 is 1.40 bits per heavy atom. The monoisotopic (exact) mass is 298 g/mol. The molecule has 0 fully saturated rings. The standard InChI is InChI=1S/C15H23ClN2O2/c1-11(2)10-20-8-4-7-17-15(19)18-14-9-13(16)6-5-12(14)3/h5-6,9,11H,4,7-8,10H2,1-3H3,(H2,17,18,19). The van der Waals surface area contributed by atoms with Gasteiger partial charge in [0, 0.05) is 30.5 Å². The lowest BCUT2D eigenvalue weighted by Gasteiger charge is -2.10. The summed E-state index contributed by atoms with van der Waals surface area (Å²) in [4.78, 5) is 11.7. The summed E-state index contributed by atoms with van der Waals surface area (Å²) in [6.07, 6.45) is 0.800. The predicted octanol–water partition coefficient (Wildman–Crippen LogP) is 3.83. The quantitative estimate of drug-likeness (QED) is 0.752. The molecular weight excluding hydrogens is 276 g/mol. The summed E-state index contributed by atoms with van der Waals surface area (Å²) < 4.78 is 5.44. The van der Waals surface area contributed by atoms with Gasteiger partial charge < -0.3 is 15.4 Å². The van der Waals surface area contributed by atoms with Gasteiger partial charge in [0.2, 0.25) is 0 Å². The normalized spacial score (nSPS) is 10.7. The number of nitrogens with one attached hydrogen (secondary N) is 2. The van der Waals surface area contributed by atoms with E-state index in [0.717, 1.165) is 24.3 Å². The van der Waals surface area contributed by atoms with Crippen LogP contribution in [0.15, 0.2) is 18.2 Å². The smallest absolute Gasteiger partial charge is 0.319 e. The molecule has 0 aliphatic rings. The number of urea groups is 1. The number of amides is 2. The van der Waals surface area contributed by atoms with Gasteiger partial charge in [-0.2, -0.15) is 0 Å². The topological polar surface area (TPSA) is 50.4 Å². The summed E-state index contributed by atoms with van der Waals surface area (Å²) in [6.45, 7) is 8.15. The van der Waals surface area contributed by atoms with E-state index in [9.17, 15) is 4.79 Å². The number of hydrogen-bond donors (Lipinski definition) is 2. The number of carbonyl (C=O) groups excluding carboxylic acids is 1. The highest BCUT2D eigenvalue weighted by atomic mass is 35.5. The molecule has 1 aromatic rings. The first-order valence-corrected chi connectivity index (χ1v) is 7.25. The van der Waals surface area contributed by atoms with Gasteiger partial charge in [-0.25, -0.2) is 4.79 Å². The highest BCUT2D eigenvalue weighted by Gasteiger charge is 2.04. The van der Waals surface area contributed by atoms with Crippen LogP contribution in [0.1, 0.15) is 25.8 Å². The number of benzene rings is 1. The SMILES string of the molecule is Cc1ccc(Cl)cc1NC(=O)NCCCOCC(C)C. The van der Waals surface area contributed by atoms with Gasteiger partial charge in [-0.15, -0.1) is 0 Å². The summed E-state index contributed by atoms with van der Waals surface area (Å²) in [5.41, 5.74) is 1.70. The van der Waals surface area contributed by atoms with Gasteiger partial charge in [0.15, 0.2) is 0 Å². The number of ether oxygens (including phenoxy) is 1. The van der Waals surface area contributed by atoms with Crippen molar-refractivity contribution in [3.63, 3.8) is 0 Å². The molecule has 2 N–H and O–H groups in total. The average Bonchev–Trinajstić information content (AvgIpc) is 2.37. The van der Waals surface area contributed by atoms with Crippen molar-refractivity contribution in [2.75, 3.05) is 25.1 Å². The molecule has 2 amide bonds. The van der Waals surface area contributed by atoms with Crippen LogP contribution in [0.25, 0.3) is 0 Å². The van der Waals surface area contributed by atoms with Crippen LogP contribution in [-0.2, 0) is 4.74 Å². The van der Waals surface area contributed by atoms with E-state index < -0.39 is 0 Å². The molecule has 4 nitrogen and oxygen atoms in total. The number of halogens is 1. The molecule has 0 spiro atoms. The maximum Gasteiger partial charge on any atom is 0.319 e. The van der Waals surface area contributed by atoms with Crippen molar-refractivity contribution in [2.24, 2.45) is 5.92 Å². The molecule has 1 rings (SSSR count). The third-order valence-electron chi connectivity index (χ3n) is 2.65. The highest BCUT2D eigenvalue weighted by molar-refractivity contribution is 6.31. The zero-order chi connectivity index (χ0) is 15.0. The molecule has 0 aromatic heterocycles. The third kappa shape index (κ3) is 6.78. The van der Waals surface area contributed by atoms with Crippen molar-refractivity contribution in [3.05, 3.63) is 28.8 Å². The van der Waals surface area contributed by atoms with Crippen LogP contribution < -0.4 is 10.6 Å². The second-order valence-corrected chi connectivity index (χ2v) is 5.60. The fourth-order valence-electron chi connectivity index (χ4n) is 1.59. The number of anilines is 1. The van der Waals surface area contributed by atoms with Crippen molar-refractivity contribution in [2.45, 2.75) is 27.2 Å². The van der Waals surface area contributed by atoms with Crippen LogP contribution in [0.3, 0.4) is 0 Å². The Kier molecular flexibility index (Phi) is 7.41. The van der Waals surface area contributed by atoms with Gasteiger partial charge >= 0.3 is 6.03 Å². The Hall–Kier alpha value is -1.26. The lowest BCUT2D eigenvalue weighted by molar-refractivity contribution is 0.108. The largest absolute Gasteiger partial charge is 0.381 e. The van der Waals surface area contributed by atoms with Gasteiger partial charge in [0.05, 0.1) is 0 Å².